The summed E-state index contributed by atoms with van der Waals surface area (Å²) in [5.41, 5.74) is 7.02. The monoisotopic (exact) mass is 360 g/mol. The minimum atomic E-state index is -3.46. The van der Waals surface area contributed by atoms with Gasteiger partial charge in [0.1, 0.15) is 0 Å². The Morgan fingerprint density at radius 2 is 2.00 bits per heavy atom. The van der Waals surface area contributed by atoms with Gasteiger partial charge in [-0.1, -0.05) is 22.9 Å². The normalized spacial score (nSPS) is 21.6. The van der Waals surface area contributed by atoms with Gasteiger partial charge >= 0.3 is 0 Å². The Balaban J connectivity index is 2.40. The number of halogens is 1. The highest BCUT2D eigenvalue weighted by Crippen LogP contribution is 2.30. The molecule has 0 amide bonds. The van der Waals surface area contributed by atoms with E-state index in [0.717, 1.165) is 19.3 Å². The van der Waals surface area contributed by atoms with E-state index in [4.69, 9.17) is 5.73 Å². The fraction of sp³-hybridized carbons (Fsp3) is 0.571. The molecule has 0 spiro atoms. The average Bonchev–Trinajstić information content (AvgIpc) is 2.58. The van der Waals surface area contributed by atoms with Gasteiger partial charge in [-0.2, -0.15) is 4.31 Å². The molecular formula is C14H21BrN2O2S. The van der Waals surface area contributed by atoms with Crippen LogP contribution in [0.25, 0.3) is 0 Å². The summed E-state index contributed by atoms with van der Waals surface area (Å²) in [7, 11) is -3.46. The summed E-state index contributed by atoms with van der Waals surface area (Å²) >= 11 is 3.33. The molecule has 0 saturated carbocycles. The van der Waals surface area contributed by atoms with Crippen LogP contribution >= 0.6 is 15.9 Å². The number of hydrogen-bond donors (Lipinski definition) is 1. The van der Waals surface area contributed by atoms with Crippen LogP contribution in [-0.4, -0.2) is 25.8 Å². The van der Waals surface area contributed by atoms with Gasteiger partial charge in [-0.15, -0.1) is 0 Å². The van der Waals surface area contributed by atoms with E-state index in [1.807, 2.05) is 0 Å². The van der Waals surface area contributed by atoms with Crippen molar-refractivity contribution in [1.82, 2.24) is 4.31 Å². The first-order chi connectivity index (χ1) is 9.32. The number of sulfonamides is 1. The van der Waals surface area contributed by atoms with Gasteiger partial charge in [-0.3, -0.25) is 0 Å². The van der Waals surface area contributed by atoms with Crippen molar-refractivity contribution in [3.8, 4) is 0 Å². The summed E-state index contributed by atoms with van der Waals surface area (Å²) in [5.74, 6) is 0.587. The fourth-order valence-corrected chi connectivity index (χ4v) is 4.96. The zero-order valence-corrected chi connectivity index (χ0v) is 14.3. The molecular weight excluding hydrogens is 340 g/mol. The predicted octanol–water partition coefficient (Wildman–Crippen LogP) is 3.15. The number of nitrogens with zero attached hydrogens (tertiary/aromatic N) is 1. The molecule has 1 aliphatic heterocycles. The SMILES string of the molecule is Cc1c(N)cc(Br)cc1S(=O)(=O)N1CCCC(C)CC1. The summed E-state index contributed by atoms with van der Waals surface area (Å²) in [5, 5.41) is 0. The van der Waals surface area contributed by atoms with Crippen molar-refractivity contribution in [2.75, 3.05) is 18.8 Å². The number of benzene rings is 1. The quantitative estimate of drug-likeness (QED) is 0.823. The lowest BCUT2D eigenvalue weighted by molar-refractivity contribution is 0.416. The van der Waals surface area contributed by atoms with Crippen LogP contribution in [0.1, 0.15) is 31.7 Å². The largest absolute Gasteiger partial charge is 0.398 e. The highest BCUT2D eigenvalue weighted by atomic mass is 79.9. The third-order valence-electron chi connectivity index (χ3n) is 3.96. The molecule has 0 bridgehead atoms. The zero-order chi connectivity index (χ0) is 14.9. The van der Waals surface area contributed by atoms with E-state index in [2.05, 4.69) is 22.9 Å². The van der Waals surface area contributed by atoms with E-state index in [0.29, 0.717) is 39.6 Å². The molecule has 1 fully saturated rings. The second-order valence-electron chi connectivity index (χ2n) is 5.56. The minimum Gasteiger partial charge on any atom is -0.398 e. The first-order valence-corrected chi connectivity index (χ1v) is 9.11. The van der Waals surface area contributed by atoms with Crippen LogP contribution in [0.3, 0.4) is 0 Å². The van der Waals surface area contributed by atoms with Crippen molar-refractivity contribution in [2.24, 2.45) is 5.92 Å². The van der Waals surface area contributed by atoms with E-state index in [1.165, 1.54) is 0 Å². The number of nitrogens with two attached hydrogens (primary N) is 1. The molecule has 1 aromatic rings. The highest BCUT2D eigenvalue weighted by molar-refractivity contribution is 9.10. The van der Waals surface area contributed by atoms with E-state index in [-0.39, 0.29) is 0 Å². The van der Waals surface area contributed by atoms with Gasteiger partial charge in [0.25, 0.3) is 0 Å². The van der Waals surface area contributed by atoms with Crippen LogP contribution in [0.2, 0.25) is 0 Å². The molecule has 1 aliphatic rings. The van der Waals surface area contributed by atoms with E-state index in [1.54, 1.807) is 23.4 Å². The van der Waals surface area contributed by atoms with Gasteiger partial charge in [0, 0.05) is 23.2 Å². The topological polar surface area (TPSA) is 63.4 Å². The molecule has 1 heterocycles. The lowest BCUT2D eigenvalue weighted by atomic mass is 10.0. The van der Waals surface area contributed by atoms with Crippen molar-refractivity contribution in [1.29, 1.82) is 0 Å². The lowest BCUT2D eigenvalue weighted by Crippen LogP contribution is -2.32. The maximum Gasteiger partial charge on any atom is 0.243 e. The molecule has 1 atom stereocenters. The number of anilines is 1. The van der Waals surface area contributed by atoms with Crippen molar-refractivity contribution in [2.45, 2.75) is 38.0 Å². The molecule has 1 aromatic carbocycles. The van der Waals surface area contributed by atoms with Crippen molar-refractivity contribution in [3.05, 3.63) is 22.2 Å². The van der Waals surface area contributed by atoms with Crippen LogP contribution in [0.15, 0.2) is 21.5 Å². The Kier molecular flexibility index (Phi) is 4.76. The number of nitrogen functional groups attached to an aromatic ring is 1. The molecule has 6 heteroatoms. The Bertz CT molecular complexity index is 601. The Hall–Kier alpha value is -0.590. The maximum atomic E-state index is 12.8. The third-order valence-corrected chi connectivity index (χ3v) is 6.44. The summed E-state index contributed by atoms with van der Waals surface area (Å²) < 4.78 is 27.9. The molecule has 4 nitrogen and oxygen atoms in total. The summed E-state index contributed by atoms with van der Waals surface area (Å²) in [4.78, 5) is 0.318. The molecule has 0 aromatic heterocycles. The summed E-state index contributed by atoms with van der Waals surface area (Å²) in [6.45, 7) is 5.13. The van der Waals surface area contributed by atoms with Gasteiger partial charge < -0.3 is 5.73 Å². The molecule has 1 saturated heterocycles. The minimum absolute atomic E-state index is 0.318. The van der Waals surface area contributed by atoms with E-state index < -0.39 is 10.0 Å². The highest BCUT2D eigenvalue weighted by Gasteiger charge is 2.28. The van der Waals surface area contributed by atoms with E-state index >= 15 is 0 Å². The molecule has 2 N–H and O–H groups in total. The maximum absolute atomic E-state index is 12.8. The second kappa shape index (κ2) is 6.03. The second-order valence-corrected chi connectivity index (χ2v) is 8.38. The third kappa shape index (κ3) is 3.18. The molecule has 1 unspecified atom stereocenters. The van der Waals surface area contributed by atoms with Crippen LogP contribution in [0.4, 0.5) is 5.69 Å². The molecule has 0 aliphatic carbocycles. The lowest BCUT2D eigenvalue weighted by Gasteiger charge is -2.22. The van der Waals surface area contributed by atoms with Gasteiger partial charge in [-0.05, 0) is 49.8 Å². The summed E-state index contributed by atoms with van der Waals surface area (Å²) in [6, 6.07) is 3.38. The predicted molar refractivity (Wildman–Crippen MR) is 85.1 cm³/mol. The summed E-state index contributed by atoms with van der Waals surface area (Å²) in [6.07, 6.45) is 2.93. The van der Waals surface area contributed by atoms with Gasteiger partial charge in [0.05, 0.1) is 4.90 Å². The molecule has 112 valence electrons. The standard InChI is InChI=1S/C14H21BrN2O2S/c1-10-4-3-6-17(7-5-10)20(18,19)14-9-12(15)8-13(16)11(14)2/h8-10H,3-7,16H2,1-2H3. The fourth-order valence-electron chi connectivity index (χ4n) is 2.56. The van der Waals surface area contributed by atoms with Crippen LogP contribution in [-0.2, 0) is 10.0 Å². The zero-order valence-electron chi connectivity index (χ0n) is 11.9. The van der Waals surface area contributed by atoms with Gasteiger partial charge in [0.2, 0.25) is 10.0 Å². The van der Waals surface area contributed by atoms with E-state index in [9.17, 15) is 8.42 Å². The Labute approximate surface area is 129 Å². The Morgan fingerprint density at radius 1 is 1.30 bits per heavy atom. The van der Waals surface area contributed by atoms with Crippen molar-refractivity contribution < 1.29 is 8.42 Å². The van der Waals surface area contributed by atoms with Crippen LogP contribution in [0.5, 0.6) is 0 Å². The number of hydrogen-bond acceptors (Lipinski definition) is 3. The van der Waals surface area contributed by atoms with Crippen LogP contribution < -0.4 is 5.73 Å². The average molecular weight is 361 g/mol. The van der Waals surface area contributed by atoms with Gasteiger partial charge in [0.15, 0.2) is 0 Å². The first-order valence-electron chi connectivity index (χ1n) is 6.88. The van der Waals surface area contributed by atoms with Gasteiger partial charge in [-0.25, -0.2) is 8.42 Å². The molecule has 20 heavy (non-hydrogen) atoms. The Morgan fingerprint density at radius 3 is 2.70 bits per heavy atom. The number of rotatable bonds is 2. The molecule has 2 rings (SSSR count). The molecule has 0 radical (unpaired) electrons. The first kappa shape index (κ1) is 15.8. The smallest absolute Gasteiger partial charge is 0.243 e. The van der Waals surface area contributed by atoms with Crippen molar-refractivity contribution in [3.63, 3.8) is 0 Å². The van der Waals surface area contributed by atoms with Crippen molar-refractivity contribution >= 4 is 31.6 Å². The van der Waals surface area contributed by atoms with Crippen LogP contribution in [0, 0.1) is 12.8 Å².